The lowest BCUT2D eigenvalue weighted by atomic mass is 9.93. The van der Waals surface area contributed by atoms with Crippen LogP contribution in [0.25, 0.3) is 0 Å². The molecule has 1 aliphatic carbocycles. The molecular weight excluding hydrogens is 438 g/mol. The highest BCUT2D eigenvalue weighted by atomic mass is 79.9. The van der Waals surface area contributed by atoms with Crippen LogP contribution >= 0.6 is 15.9 Å². The van der Waals surface area contributed by atoms with Crippen LogP contribution in [-0.4, -0.2) is 37.8 Å². The lowest BCUT2D eigenvalue weighted by Crippen LogP contribution is -2.25. The van der Waals surface area contributed by atoms with Crippen LogP contribution in [0, 0.1) is 6.92 Å². The predicted octanol–water partition coefficient (Wildman–Crippen LogP) is 3.59. The first-order valence-corrected chi connectivity index (χ1v) is 10.3. The number of hydrogen-bond acceptors (Lipinski definition) is 5. The molecule has 1 heterocycles. The van der Waals surface area contributed by atoms with Crippen LogP contribution in [0.15, 0.2) is 38.3 Å². The Morgan fingerprint density at radius 3 is 2.79 bits per heavy atom. The molecule has 0 radical (unpaired) electrons. The van der Waals surface area contributed by atoms with Crippen LogP contribution in [0.1, 0.15) is 57.1 Å². The van der Waals surface area contributed by atoms with Crippen LogP contribution in [0.5, 0.6) is 0 Å². The maximum absolute atomic E-state index is 12.5. The van der Waals surface area contributed by atoms with Gasteiger partial charge in [0.2, 0.25) is 0 Å². The number of nitrogens with zero attached hydrogens (tertiary/aromatic N) is 1. The number of amides is 2. The summed E-state index contributed by atoms with van der Waals surface area (Å²) in [5.74, 6) is 0.503. The number of carbonyl (C=O) groups excluding carboxylic acids is 2. The van der Waals surface area contributed by atoms with Crippen molar-refractivity contribution in [2.45, 2.75) is 32.6 Å². The lowest BCUT2D eigenvalue weighted by Gasteiger charge is -2.13. The van der Waals surface area contributed by atoms with E-state index in [1.165, 1.54) is 0 Å². The Morgan fingerprint density at radius 2 is 2.03 bits per heavy atom. The maximum Gasteiger partial charge on any atom is 0.287 e. The Morgan fingerprint density at radius 1 is 1.24 bits per heavy atom. The minimum Gasteiger partial charge on any atom is -0.455 e. The number of carbonyl (C=O) groups is 2. The van der Waals surface area contributed by atoms with E-state index in [0.29, 0.717) is 35.4 Å². The molecule has 0 fully saturated rings. The topological polar surface area (TPSA) is 92.9 Å². The minimum atomic E-state index is -0.297. The first-order valence-electron chi connectivity index (χ1n) is 9.54. The monoisotopic (exact) mass is 461 g/mol. The summed E-state index contributed by atoms with van der Waals surface area (Å²) in [5, 5.41) is 7.20. The largest absolute Gasteiger partial charge is 0.455 e. The molecule has 2 aromatic rings. The fourth-order valence-electron chi connectivity index (χ4n) is 3.32. The SMILES string of the molecule is COCCCNC(=O)c1oc2c(c1C)/C(=N/NC(=O)c1ccccc1Br)CCC2. The normalized spacial score (nSPS) is 14.5. The lowest BCUT2D eigenvalue weighted by molar-refractivity contribution is 0.0916. The van der Waals surface area contributed by atoms with Crippen LogP contribution in [0.2, 0.25) is 0 Å². The molecule has 3 rings (SSSR count). The molecule has 1 aromatic heterocycles. The van der Waals surface area contributed by atoms with Crippen molar-refractivity contribution in [3.05, 3.63) is 56.9 Å². The molecule has 0 bridgehead atoms. The predicted molar refractivity (Wildman–Crippen MR) is 113 cm³/mol. The summed E-state index contributed by atoms with van der Waals surface area (Å²) in [6.45, 7) is 2.95. The number of fused-ring (bicyclic) bond motifs is 1. The Kier molecular flexibility index (Phi) is 7.22. The highest BCUT2D eigenvalue weighted by molar-refractivity contribution is 9.10. The Bertz CT molecular complexity index is 936. The van der Waals surface area contributed by atoms with Crippen LogP contribution in [0.3, 0.4) is 0 Å². The van der Waals surface area contributed by atoms with Crippen molar-refractivity contribution >= 4 is 33.5 Å². The first kappa shape index (κ1) is 21.3. The highest BCUT2D eigenvalue weighted by Gasteiger charge is 2.28. The third kappa shape index (κ3) is 4.94. The molecule has 0 atom stereocenters. The van der Waals surface area contributed by atoms with Crippen molar-refractivity contribution in [3.63, 3.8) is 0 Å². The Balaban J connectivity index is 1.77. The molecule has 0 saturated heterocycles. The van der Waals surface area contributed by atoms with Gasteiger partial charge in [0, 0.05) is 42.3 Å². The number of benzene rings is 1. The standard InChI is InChI=1S/C21H24BrN3O4/c1-13-18-16(24-25-20(26)14-7-3-4-8-15(14)22)9-5-10-17(18)29-19(13)21(27)23-11-6-12-28-2/h3-4,7-8H,5-6,9-12H2,1-2H3,(H,23,27)(H,25,26)/b24-16+. The number of hydrogen-bond donors (Lipinski definition) is 2. The van der Waals surface area contributed by atoms with Gasteiger partial charge in [-0.2, -0.15) is 5.10 Å². The number of halogens is 1. The Hall–Kier alpha value is -2.45. The van der Waals surface area contributed by atoms with E-state index in [9.17, 15) is 9.59 Å². The second-order valence-corrected chi connectivity index (χ2v) is 7.64. The molecule has 29 heavy (non-hydrogen) atoms. The number of ether oxygens (including phenoxy) is 1. The van der Waals surface area contributed by atoms with Crippen LogP contribution < -0.4 is 10.7 Å². The summed E-state index contributed by atoms with van der Waals surface area (Å²) in [7, 11) is 1.63. The van der Waals surface area contributed by atoms with Crippen molar-refractivity contribution in [1.29, 1.82) is 0 Å². The van der Waals surface area contributed by atoms with Crippen molar-refractivity contribution in [2.24, 2.45) is 5.10 Å². The Labute approximate surface area is 178 Å². The van der Waals surface area contributed by atoms with Gasteiger partial charge in [-0.15, -0.1) is 0 Å². The minimum absolute atomic E-state index is 0.246. The molecule has 8 heteroatoms. The fourth-order valence-corrected chi connectivity index (χ4v) is 3.78. The third-order valence-corrected chi connectivity index (χ3v) is 5.45. The van der Waals surface area contributed by atoms with Gasteiger partial charge in [0.1, 0.15) is 5.76 Å². The highest BCUT2D eigenvalue weighted by Crippen LogP contribution is 2.30. The smallest absolute Gasteiger partial charge is 0.287 e. The molecule has 2 amide bonds. The van der Waals surface area contributed by atoms with Gasteiger partial charge in [0.15, 0.2) is 5.76 Å². The van der Waals surface area contributed by atoms with E-state index in [1.54, 1.807) is 25.3 Å². The van der Waals surface area contributed by atoms with E-state index >= 15 is 0 Å². The van der Waals surface area contributed by atoms with Gasteiger partial charge in [-0.3, -0.25) is 9.59 Å². The van der Waals surface area contributed by atoms with E-state index < -0.39 is 0 Å². The molecule has 7 nitrogen and oxygen atoms in total. The summed E-state index contributed by atoms with van der Waals surface area (Å²) in [6, 6.07) is 7.17. The number of rotatable bonds is 7. The molecule has 2 N–H and O–H groups in total. The molecular formula is C21H24BrN3O4. The van der Waals surface area contributed by atoms with Crippen molar-refractivity contribution in [1.82, 2.24) is 10.7 Å². The second-order valence-electron chi connectivity index (χ2n) is 6.79. The fraction of sp³-hybridized carbons (Fsp3) is 0.381. The zero-order valence-corrected chi connectivity index (χ0v) is 18.1. The van der Waals surface area contributed by atoms with E-state index in [4.69, 9.17) is 9.15 Å². The molecule has 0 unspecified atom stereocenters. The van der Waals surface area contributed by atoms with Crippen molar-refractivity contribution < 1.29 is 18.7 Å². The zero-order chi connectivity index (χ0) is 20.8. The zero-order valence-electron chi connectivity index (χ0n) is 16.5. The van der Waals surface area contributed by atoms with Gasteiger partial charge in [0.25, 0.3) is 11.8 Å². The molecule has 1 aliphatic rings. The number of aryl methyl sites for hydroxylation is 1. The average Bonchev–Trinajstić information content (AvgIpc) is 3.07. The van der Waals surface area contributed by atoms with Gasteiger partial charge in [-0.1, -0.05) is 12.1 Å². The number of methoxy groups -OCH3 is 1. The van der Waals surface area contributed by atoms with Gasteiger partial charge in [0.05, 0.1) is 11.3 Å². The van der Waals surface area contributed by atoms with Crippen LogP contribution in [0.4, 0.5) is 0 Å². The van der Waals surface area contributed by atoms with Crippen LogP contribution in [-0.2, 0) is 11.2 Å². The van der Waals surface area contributed by atoms with Gasteiger partial charge < -0.3 is 14.5 Å². The van der Waals surface area contributed by atoms with E-state index in [2.05, 4.69) is 31.8 Å². The van der Waals surface area contributed by atoms with Crippen molar-refractivity contribution in [2.75, 3.05) is 20.3 Å². The second kappa shape index (κ2) is 9.84. The summed E-state index contributed by atoms with van der Waals surface area (Å²) < 4.78 is 11.5. The summed E-state index contributed by atoms with van der Waals surface area (Å²) in [5.41, 5.74) is 5.44. The number of nitrogens with one attached hydrogen (secondary N) is 2. The average molecular weight is 462 g/mol. The number of hydrazone groups is 1. The first-order chi connectivity index (χ1) is 14.0. The van der Waals surface area contributed by atoms with E-state index in [1.807, 2.05) is 13.0 Å². The van der Waals surface area contributed by atoms with Crippen molar-refractivity contribution in [3.8, 4) is 0 Å². The molecule has 154 valence electrons. The third-order valence-electron chi connectivity index (χ3n) is 4.75. The molecule has 0 saturated carbocycles. The molecule has 0 aliphatic heterocycles. The number of furan rings is 1. The molecule has 0 spiro atoms. The van der Waals surface area contributed by atoms with Gasteiger partial charge in [-0.05, 0) is 54.2 Å². The summed E-state index contributed by atoms with van der Waals surface area (Å²) in [4.78, 5) is 24.9. The summed E-state index contributed by atoms with van der Waals surface area (Å²) in [6.07, 6.45) is 3.02. The summed E-state index contributed by atoms with van der Waals surface area (Å²) >= 11 is 3.37. The maximum atomic E-state index is 12.5. The van der Waals surface area contributed by atoms with E-state index in [0.717, 1.165) is 41.9 Å². The van der Waals surface area contributed by atoms with Gasteiger partial charge >= 0.3 is 0 Å². The van der Waals surface area contributed by atoms with E-state index in [-0.39, 0.29) is 11.8 Å². The molecule has 1 aromatic carbocycles. The quantitative estimate of drug-likeness (QED) is 0.486. The van der Waals surface area contributed by atoms with Gasteiger partial charge in [-0.25, -0.2) is 5.43 Å².